The third kappa shape index (κ3) is 3.30. The quantitative estimate of drug-likeness (QED) is 0.853. The van der Waals surface area contributed by atoms with Gasteiger partial charge in [0.2, 0.25) is 0 Å². The lowest BCUT2D eigenvalue weighted by Gasteiger charge is -2.19. The average Bonchev–Trinajstić information content (AvgIpc) is 2.46. The molecular weight excluding hydrogens is 307 g/mol. The molecule has 2 aromatic rings. The summed E-state index contributed by atoms with van der Waals surface area (Å²) in [6.45, 7) is 0. The Morgan fingerprint density at radius 2 is 2.00 bits per heavy atom. The second kappa shape index (κ2) is 5.69. The van der Waals surface area contributed by atoms with Gasteiger partial charge in [0.1, 0.15) is 5.69 Å². The number of carbonyl (C=O) groups excluding carboxylic acids is 1. The highest BCUT2D eigenvalue weighted by atomic mass is 35.5. The predicted molar refractivity (Wildman–Crippen MR) is 71.2 cm³/mol. The number of aromatic nitrogens is 2. The molecule has 0 atom stereocenters. The van der Waals surface area contributed by atoms with Gasteiger partial charge in [0.05, 0.1) is 22.5 Å². The van der Waals surface area contributed by atoms with Gasteiger partial charge >= 0.3 is 6.18 Å². The van der Waals surface area contributed by atoms with Crippen LogP contribution in [0.5, 0.6) is 0 Å². The highest BCUT2D eigenvalue weighted by Crippen LogP contribution is 2.35. The number of anilines is 1. The average molecular weight is 316 g/mol. The van der Waals surface area contributed by atoms with Crippen molar-refractivity contribution in [2.45, 2.75) is 6.18 Å². The minimum absolute atomic E-state index is 0.00785. The molecule has 0 aliphatic carbocycles. The van der Waals surface area contributed by atoms with Gasteiger partial charge in [-0.25, -0.2) is 4.98 Å². The van der Waals surface area contributed by atoms with E-state index < -0.39 is 17.6 Å². The Bertz CT molecular complexity index is 661. The summed E-state index contributed by atoms with van der Waals surface area (Å²) in [5, 5.41) is 0.0303. The van der Waals surface area contributed by atoms with E-state index >= 15 is 0 Å². The van der Waals surface area contributed by atoms with Crippen molar-refractivity contribution in [3.63, 3.8) is 0 Å². The molecule has 0 saturated carbocycles. The Hall–Kier alpha value is -2.15. The lowest BCUT2D eigenvalue weighted by Crippen LogP contribution is -2.27. The monoisotopic (exact) mass is 315 g/mol. The van der Waals surface area contributed by atoms with Crippen LogP contribution in [-0.4, -0.2) is 22.9 Å². The first-order chi connectivity index (χ1) is 9.80. The molecule has 0 N–H and O–H groups in total. The molecule has 4 nitrogen and oxygen atoms in total. The number of rotatable bonds is 2. The highest BCUT2D eigenvalue weighted by molar-refractivity contribution is 6.34. The first kappa shape index (κ1) is 15.2. The number of alkyl halides is 3. The fourth-order valence-corrected chi connectivity index (χ4v) is 1.88. The minimum atomic E-state index is -4.52. The molecular formula is C13H9ClF3N3O. The summed E-state index contributed by atoms with van der Waals surface area (Å²) in [5.74, 6) is -0.607. The predicted octanol–water partition coefficient (Wildman–Crippen LogP) is 3.43. The molecule has 2 rings (SSSR count). The second-order valence-electron chi connectivity index (χ2n) is 4.12. The SMILES string of the molecule is CN(C(=O)c1cnccn1)c1cc(C(F)(F)F)ccc1Cl. The van der Waals surface area contributed by atoms with Gasteiger partial charge in [-0.1, -0.05) is 11.6 Å². The molecule has 0 bridgehead atoms. The van der Waals surface area contributed by atoms with E-state index in [1.807, 2.05) is 0 Å². The minimum Gasteiger partial charge on any atom is -0.309 e. The first-order valence-electron chi connectivity index (χ1n) is 5.71. The molecule has 0 fully saturated rings. The second-order valence-corrected chi connectivity index (χ2v) is 4.53. The van der Waals surface area contributed by atoms with Crippen molar-refractivity contribution in [3.8, 4) is 0 Å². The van der Waals surface area contributed by atoms with Crippen molar-refractivity contribution in [1.29, 1.82) is 0 Å². The molecule has 110 valence electrons. The van der Waals surface area contributed by atoms with Crippen molar-refractivity contribution < 1.29 is 18.0 Å². The van der Waals surface area contributed by atoms with E-state index in [4.69, 9.17) is 11.6 Å². The normalized spacial score (nSPS) is 11.3. The maximum Gasteiger partial charge on any atom is 0.416 e. The summed E-state index contributed by atoms with van der Waals surface area (Å²) in [5.41, 5.74) is -0.934. The Balaban J connectivity index is 2.39. The lowest BCUT2D eigenvalue weighted by atomic mass is 10.1. The zero-order chi connectivity index (χ0) is 15.6. The number of amides is 1. The zero-order valence-electron chi connectivity index (χ0n) is 10.7. The van der Waals surface area contributed by atoms with E-state index in [-0.39, 0.29) is 16.4 Å². The van der Waals surface area contributed by atoms with Crippen molar-refractivity contribution >= 4 is 23.2 Å². The summed E-state index contributed by atoms with van der Waals surface area (Å²) in [6, 6.07) is 2.77. The van der Waals surface area contributed by atoms with Crippen molar-refractivity contribution in [1.82, 2.24) is 9.97 Å². The molecule has 1 heterocycles. The van der Waals surface area contributed by atoms with Crippen LogP contribution >= 0.6 is 11.6 Å². The van der Waals surface area contributed by atoms with E-state index in [1.165, 1.54) is 25.6 Å². The third-order valence-corrected chi connectivity index (χ3v) is 3.04. The Morgan fingerprint density at radius 3 is 2.57 bits per heavy atom. The zero-order valence-corrected chi connectivity index (χ0v) is 11.5. The van der Waals surface area contributed by atoms with Gasteiger partial charge < -0.3 is 4.90 Å². The summed E-state index contributed by atoms with van der Waals surface area (Å²) in [6.07, 6.45) is -0.598. The highest BCUT2D eigenvalue weighted by Gasteiger charge is 2.32. The number of benzene rings is 1. The van der Waals surface area contributed by atoms with Crippen LogP contribution in [-0.2, 0) is 6.18 Å². The third-order valence-electron chi connectivity index (χ3n) is 2.72. The number of nitrogens with zero attached hydrogens (tertiary/aromatic N) is 3. The van der Waals surface area contributed by atoms with Crippen LogP contribution in [0.4, 0.5) is 18.9 Å². The number of halogens is 4. The molecule has 1 amide bonds. The molecule has 1 aromatic carbocycles. The van der Waals surface area contributed by atoms with Crippen LogP contribution in [0.1, 0.15) is 16.1 Å². The summed E-state index contributed by atoms with van der Waals surface area (Å²) in [7, 11) is 1.32. The van der Waals surface area contributed by atoms with Crippen LogP contribution in [0.15, 0.2) is 36.8 Å². The molecule has 0 radical (unpaired) electrons. The van der Waals surface area contributed by atoms with Crippen molar-refractivity contribution in [2.75, 3.05) is 11.9 Å². The largest absolute Gasteiger partial charge is 0.416 e. The Morgan fingerprint density at radius 1 is 1.29 bits per heavy atom. The van der Waals surface area contributed by atoms with Crippen LogP contribution in [0, 0.1) is 0 Å². The van der Waals surface area contributed by atoms with Crippen LogP contribution in [0.3, 0.4) is 0 Å². The smallest absolute Gasteiger partial charge is 0.309 e. The topological polar surface area (TPSA) is 46.1 Å². The summed E-state index contributed by atoms with van der Waals surface area (Å²) < 4.78 is 38.2. The van der Waals surface area contributed by atoms with Crippen LogP contribution in [0.2, 0.25) is 5.02 Å². The van der Waals surface area contributed by atoms with Gasteiger partial charge in [0.25, 0.3) is 5.91 Å². The van der Waals surface area contributed by atoms with Gasteiger partial charge in [-0.2, -0.15) is 13.2 Å². The van der Waals surface area contributed by atoms with Gasteiger partial charge in [-0.3, -0.25) is 9.78 Å². The molecule has 8 heteroatoms. The van der Waals surface area contributed by atoms with Gasteiger partial charge in [-0.05, 0) is 18.2 Å². The molecule has 0 aliphatic heterocycles. The van der Waals surface area contributed by atoms with Gasteiger partial charge in [0, 0.05) is 19.4 Å². The fourth-order valence-electron chi connectivity index (χ4n) is 1.64. The van der Waals surface area contributed by atoms with Crippen LogP contribution < -0.4 is 4.90 Å². The van der Waals surface area contributed by atoms with E-state index in [2.05, 4.69) is 9.97 Å². The summed E-state index contributed by atoms with van der Waals surface area (Å²) >= 11 is 5.88. The molecule has 21 heavy (non-hydrogen) atoms. The van der Waals surface area contributed by atoms with E-state index in [0.29, 0.717) is 0 Å². The maximum atomic E-state index is 12.7. The van der Waals surface area contributed by atoms with Crippen molar-refractivity contribution in [3.05, 3.63) is 53.1 Å². The summed E-state index contributed by atoms with van der Waals surface area (Å²) in [4.78, 5) is 20.7. The molecule has 0 aliphatic rings. The molecule has 0 spiro atoms. The number of carbonyl (C=O) groups is 1. The fraction of sp³-hybridized carbons (Fsp3) is 0.154. The number of hydrogen-bond acceptors (Lipinski definition) is 3. The standard InChI is InChI=1S/C13H9ClF3N3O/c1-20(12(21)10-7-18-4-5-19-10)11-6-8(13(15,16)17)2-3-9(11)14/h2-7H,1H3. The van der Waals surface area contributed by atoms with E-state index in [1.54, 1.807) is 0 Å². The van der Waals surface area contributed by atoms with Gasteiger partial charge in [-0.15, -0.1) is 0 Å². The number of hydrogen-bond donors (Lipinski definition) is 0. The van der Waals surface area contributed by atoms with Crippen molar-refractivity contribution in [2.24, 2.45) is 0 Å². The van der Waals surface area contributed by atoms with Gasteiger partial charge in [0.15, 0.2) is 0 Å². The maximum absolute atomic E-state index is 12.7. The molecule has 0 saturated heterocycles. The molecule has 1 aromatic heterocycles. The lowest BCUT2D eigenvalue weighted by molar-refractivity contribution is -0.137. The van der Waals surface area contributed by atoms with E-state index in [0.717, 1.165) is 23.1 Å². The molecule has 0 unspecified atom stereocenters. The first-order valence-corrected chi connectivity index (χ1v) is 6.09. The van der Waals surface area contributed by atoms with E-state index in [9.17, 15) is 18.0 Å². The Kier molecular flexibility index (Phi) is 4.13. The Labute approximate surface area is 123 Å². The van der Waals surface area contributed by atoms with Crippen LogP contribution in [0.25, 0.3) is 0 Å².